The molecule has 2 aromatic carbocycles. The Labute approximate surface area is 181 Å². The lowest BCUT2D eigenvalue weighted by Gasteiger charge is -2.37. The zero-order valence-electron chi connectivity index (χ0n) is 17.9. The maximum Gasteiger partial charge on any atom is 0.228 e. The lowest BCUT2D eigenvalue weighted by atomic mass is 10.1. The van der Waals surface area contributed by atoms with Gasteiger partial charge in [0, 0.05) is 57.4 Å². The van der Waals surface area contributed by atoms with Gasteiger partial charge in [0.1, 0.15) is 5.52 Å². The molecule has 7 heteroatoms. The van der Waals surface area contributed by atoms with Crippen LogP contribution in [0.4, 0.5) is 11.4 Å². The van der Waals surface area contributed by atoms with Crippen LogP contribution in [-0.2, 0) is 9.59 Å². The molecule has 0 bridgehead atoms. The molecule has 1 aromatic heterocycles. The van der Waals surface area contributed by atoms with E-state index in [0.717, 1.165) is 24.3 Å². The van der Waals surface area contributed by atoms with Crippen LogP contribution in [0.5, 0.6) is 0 Å². The maximum absolute atomic E-state index is 13.1. The average Bonchev–Trinajstić information content (AvgIpc) is 3.34. The average molecular weight is 418 g/mol. The minimum Gasteiger partial charge on any atom is -0.441 e. The van der Waals surface area contributed by atoms with Crippen LogP contribution >= 0.6 is 0 Å². The minimum atomic E-state index is -0.299. The summed E-state index contributed by atoms with van der Waals surface area (Å²) in [5.41, 5.74) is 4.68. The van der Waals surface area contributed by atoms with E-state index < -0.39 is 0 Å². The summed E-state index contributed by atoms with van der Waals surface area (Å²) in [6.07, 6.45) is 0.257. The first kappa shape index (κ1) is 19.6. The Morgan fingerprint density at radius 2 is 1.84 bits per heavy atom. The van der Waals surface area contributed by atoms with Gasteiger partial charge in [0.05, 0.1) is 5.92 Å². The number of fused-ring (bicyclic) bond motifs is 1. The molecule has 2 amide bonds. The zero-order valence-corrected chi connectivity index (χ0v) is 17.9. The molecule has 0 spiro atoms. The number of carbonyl (C=O) groups is 2. The second kappa shape index (κ2) is 7.72. The Balaban J connectivity index is 1.24. The highest BCUT2D eigenvalue weighted by atomic mass is 16.3. The molecule has 2 saturated heterocycles. The van der Waals surface area contributed by atoms with E-state index in [2.05, 4.69) is 35.0 Å². The fourth-order valence-electron chi connectivity index (χ4n) is 4.67. The van der Waals surface area contributed by atoms with Gasteiger partial charge in [-0.3, -0.25) is 9.59 Å². The van der Waals surface area contributed by atoms with Crippen LogP contribution in [-0.4, -0.2) is 54.4 Å². The van der Waals surface area contributed by atoms with Crippen molar-refractivity contribution in [2.24, 2.45) is 5.92 Å². The molecule has 0 saturated carbocycles. The third-order valence-corrected chi connectivity index (χ3v) is 6.31. The highest BCUT2D eigenvalue weighted by molar-refractivity contribution is 6.01. The van der Waals surface area contributed by atoms with Gasteiger partial charge in [0.2, 0.25) is 11.8 Å². The summed E-state index contributed by atoms with van der Waals surface area (Å²) in [5.74, 6) is 0.361. The van der Waals surface area contributed by atoms with Crippen molar-refractivity contribution < 1.29 is 14.0 Å². The zero-order chi connectivity index (χ0) is 21.5. The second-order valence-electron chi connectivity index (χ2n) is 8.39. The van der Waals surface area contributed by atoms with Crippen LogP contribution in [0.25, 0.3) is 11.1 Å². The quantitative estimate of drug-likeness (QED) is 0.654. The van der Waals surface area contributed by atoms with Gasteiger partial charge in [0.15, 0.2) is 11.5 Å². The summed E-state index contributed by atoms with van der Waals surface area (Å²) in [6, 6.07) is 13.9. The molecule has 5 rings (SSSR count). The SMILES string of the molecule is Cc1nc2cc(N3C[C@H](C(=O)N4CCN(c5ccccc5C)CC4)CC3=O)ccc2o1. The maximum atomic E-state index is 13.1. The number of carbonyl (C=O) groups excluding carboxylic acids is 2. The number of aryl methyl sites for hydroxylation is 2. The third kappa shape index (κ3) is 3.65. The van der Waals surface area contributed by atoms with Gasteiger partial charge in [-0.2, -0.15) is 0 Å². The molecule has 2 aliphatic heterocycles. The predicted molar refractivity (Wildman–Crippen MR) is 119 cm³/mol. The fraction of sp³-hybridized carbons (Fsp3) is 0.375. The van der Waals surface area contributed by atoms with Gasteiger partial charge in [-0.15, -0.1) is 0 Å². The molecule has 2 fully saturated rings. The van der Waals surface area contributed by atoms with E-state index in [-0.39, 0.29) is 24.2 Å². The summed E-state index contributed by atoms with van der Waals surface area (Å²) >= 11 is 0. The summed E-state index contributed by atoms with van der Waals surface area (Å²) in [6.45, 7) is 7.31. The molecule has 0 radical (unpaired) electrons. The highest BCUT2D eigenvalue weighted by Gasteiger charge is 2.38. The normalized spacial score (nSPS) is 19.5. The standard InChI is InChI=1S/C24H26N4O3/c1-16-5-3-4-6-21(16)26-9-11-27(12-10-26)24(30)18-13-23(29)28(15-18)19-7-8-22-20(14-19)25-17(2)31-22/h3-8,14,18H,9-13,15H2,1-2H3/t18-/m1/s1. The van der Waals surface area contributed by atoms with Gasteiger partial charge in [-0.25, -0.2) is 4.98 Å². The molecule has 0 N–H and O–H groups in total. The van der Waals surface area contributed by atoms with Crippen molar-refractivity contribution in [2.45, 2.75) is 20.3 Å². The molecule has 2 aliphatic rings. The number of aromatic nitrogens is 1. The van der Waals surface area contributed by atoms with Gasteiger partial charge >= 0.3 is 0 Å². The molecule has 7 nitrogen and oxygen atoms in total. The number of nitrogens with zero attached hydrogens (tertiary/aromatic N) is 4. The second-order valence-corrected chi connectivity index (χ2v) is 8.39. The molecule has 160 valence electrons. The number of hydrogen-bond donors (Lipinski definition) is 0. The van der Waals surface area contributed by atoms with E-state index >= 15 is 0 Å². The largest absolute Gasteiger partial charge is 0.441 e. The molecule has 0 aliphatic carbocycles. The predicted octanol–water partition coefficient (Wildman–Crippen LogP) is 3.15. The molecule has 1 atom stereocenters. The monoisotopic (exact) mass is 418 g/mol. The first-order valence-electron chi connectivity index (χ1n) is 10.8. The van der Waals surface area contributed by atoms with Gasteiger partial charge < -0.3 is 19.1 Å². The molecular formula is C24H26N4O3. The number of rotatable bonds is 3. The van der Waals surface area contributed by atoms with Crippen molar-refractivity contribution in [1.82, 2.24) is 9.88 Å². The third-order valence-electron chi connectivity index (χ3n) is 6.31. The summed E-state index contributed by atoms with van der Waals surface area (Å²) in [4.78, 5) is 36.1. The molecule has 3 aromatic rings. The fourth-order valence-corrected chi connectivity index (χ4v) is 4.67. The lowest BCUT2D eigenvalue weighted by molar-refractivity contribution is -0.136. The number of hydrogen-bond acceptors (Lipinski definition) is 5. The smallest absolute Gasteiger partial charge is 0.228 e. The van der Waals surface area contributed by atoms with Crippen molar-refractivity contribution >= 4 is 34.3 Å². The first-order valence-corrected chi connectivity index (χ1v) is 10.8. The van der Waals surface area contributed by atoms with E-state index in [1.807, 2.05) is 29.2 Å². The number of piperazine rings is 1. The van der Waals surface area contributed by atoms with E-state index in [0.29, 0.717) is 31.1 Å². The summed E-state index contributed by atoms with van der Waals surface area (Å²) < 4.78 is 5.52. The molecular weight excluding hydrogens is 392 g/mol. The lowest BCUT2D eigenvalue weighted by Crippen LogP contribution is -2.50. The van der Waals surface area contributed by atoms with Crippen LogP contribution in [0.15, 0.2) is 46.9 Å². The van der Waals surface area contributed by atoms with E-state index in [1.165, 1.54) is 11.3 Å². The number of benzene rings is 2. The molecule has 31 heavy (non-hydrogen) atoms. The number of anilines is 2. The van der Waals surface area contributed by atoms with Crippen LogP contribution < -0.4 is 9.80 Å². The summed E-state index contributed by atoms with van der Waals surface area (Å²) in [7, 11) is 0. The highest BCUT2D eigenvalue weighted by Crippen LogP contribution is 2.30. The Hall–Kier alpha value is -3.35. The molecule has 0 unspecified atom stereocenters. The van der Waals surface area contributed by atoms with Crippen molar-refractivity contribution in [1.29, 1.82) is 0 Å². The number of para-hydroxylation sites is 1. The van der Waals surface area contributed by atoms with E-state index in [1.54, 1.807) is 11.8 Å². The van der Waals surface area contributed by atoms with Crippen molar-refractivity contribution in [3.63, 3.8) is 0 Å². The van der Waals surface area contributed by atoms with Crippen molar-refractivity contribution in [2.75, 3.05) is 42.5 Å². The Morgan fingerprint density at radius 1 is 1.06 bits per heavy atom. The summed E-state index contributed by atoms with van der Waals surface area (Å²) in [5, 5.41) is 0. The van der Waals surface area contributed by atoms with Gasteiger partial charge in [-0.05, 0) is 36.8 Å². The van der Waals surface area contributed by atoms with Crippen molar-refractivity contribution in [3.05, 3.63) is 53.9 Å². The van der Waals surface area contributed by atoms with Crippen molar-refractivity contribution in [3.8, 4) is 0 Å². The Morgan fingerprint density at radius 3 is 2.61 bits per heavy atom. The number of oxazole rings is 1. The van der Waals surface area contributed by atoms with Gasteiger partial charge in [-0.1, -0.05) is 18.2 Å². The van der Waals surface area contributed by atoms with Crippen LogP contribution in [0.2, 0.25) is 0 Å². The van der Waals surface area contributed by atoms with Gasteiger partial charge in [0.25, 0.3) is 0 Å². The number of amides is 2. The van der Waals surface area contributed by atoms with E-state index in [9.17, 15) is 9.59 Å². The van der Waals surface area contributed by atoms with Crippen LogP contribution in [0.3, 0.4) is 0 Å². The first-order chi connectivity index (χ1) is 15.0. The van der Waals surface area contributed by atoms with Crippen LogP contribution in [0.1, 0.15) is 17.9 Å². The Bertz CT molecular complexity index is 1150. The van der Waals surface area contributed by atoms with Crippen LogP contribution in [0, 0.1) is 19.8 Å². The molecule has 3 heterocycles. The minimum absolute atomic E-state index is 0.0172. The Kier molecular flexibility index (Phi) is 4.88. The van der Waals surface area contributed by atoms with E-state index in [4.69, 9.17) is 4.42 Å². The topological polar surface area (TPSA) is 69.9 Å².